The van der Waals surface area contributed by atoms with Crippen molar-refractivity contribution in [2.45, 2.75) is 13.8 Å². The summed E-state index contributed by atoms with van der Waals surface area (Å²) in [4.78, 5) is 8.61. The SMILES string of the molecule is CNc1nc(C)cn2c(C)cnc12. The summed E-state index contributed by atoms with van der Waals surface area (Å²) in [6, 6.07) is 0. The van der Waals surface area contributed by atoms with Crippen LogP contribution >= 0.6 is 0 Å². The minimum atomic E-state index is 0.827. The van der Waals surface area contributed by atoms with Crippen molar-refractivity contribution >= 4 is 11.5 Å². The second-order valence-corrected chi connectivity index (χ2v) is 3.07. The van der Waals surface area contributed by atoms with Crippen molar-refractivity contribution in [3.8, 4) is 0 Å². The molecule has 0 radical (unpaired) electrons. The highest BCUT2D eigenvalue weighted by molar-refractivity contribution is 5.63. The molecule has 0 atom stereocenters. The highest BCUT2D eigenvalue weighted by Crippen LogP contribution is 2.14. The number of aromatic nitrogens is 3. The monoisotopic (exact) mass is 176 g/mol. The molecule has 4 heteroatoms. The second-order valence-electron chi connectivity index (χ2n) is 3.07. The van der Waals surface area contributed by atoms with E-state index in [4.69, 9.17) is 0 Å². The van der Waals surface area contributed by atoms with Gasteiger partial charge in [-0.1, -0.05) is 0 Å². The maximum atomic E-state index is 4.34. The van der Waals surface area contributed by atoms with Gasteiger partial charge >= 0.3 is 0 Å². The summed E-state index contributed by atoms with van der Waals surface area (Å²) in [5.74, 6) is 0.827. The normalized spacial score (nSPS) is 10.7. The fraction of sp³-hybridized carbons (Fsp3) is 0.333. The van der Waals surface area contributed by atoms with Gasteiger partial charge in [-0.3, -0.25) is 4.40 Å². The molecule has 0 saturated heterocycles. The zero-order valence-corrected chi connectivity index (χ0v) is 8.00. The van der Waals surface area contributed by atoms with E-state index in [0.717, 1.165) is 22.9 Å². The number of aryl methyl sites for hydroxylation is 2. The highest BCUT2D eigenvalue weighted by Gasteiger charge is 2.05. The van der Waals surface area contributed by atoms with Crippen LogP contribution in [0.15, 0.2) is 12.4 Å². The first-order valence-electron chi connectivity index (χ1n) is 4.21. The van der Waals surface area contributed by atoms with E-state index >= 15 is 0 Å². The van der Waals surface area contributed by atoms with Gasteiger partial charge in [0.2, 0.25) is 0 Å². The number of rotatable bonds is 1. The first kappa shape index (κ1) is 8.04. The smallest absolute Gasteiger partial charge is 0.180 e. The van der Waals surface area contributed by atoms with Gasteiger partial charge in [-0.25, -0.2) is 9.97 Å². The molecule has 0 aliphatic heterocycles. The summed E-state index contributed by atoms with van der Waals surface area (Å²) in [5.41, 5.74) is 2.99. The lowest BCUT2D eigenvalue weighted by Crippen LogP contribution is -2.00. The van der Waals surface area contributed by atoms with Gasteiger partial charge in [0.1, 0.15) is 0 Å². The molecule has 2 heterocycles. The summed E-state index contributed by atoms with van der Waals surface area (Å²) in [6.07, 6.45) is 3.83. The van der Waals surface area contributed by atoms with Crippen molar-refractivity contribution in [3.05, 3.63) is 23.8 Å². The van der Waals surface area contributed by atoms with Crippen LogP contribution in [0.3, 0.4) is 0 Å². The van der Waals surface area contributed by atoms with E-state index in [1.807, 2.05) is 37.7 Å². The van der Waals surface area contributed by atoms with Gasteiger partial charge in [-0.15, -0.1) is 0 Å². The number of imidazole rings is 1. The summed E-state index contributed by atoms with van der Waals surface area (Å²) < 4.78 is 2.04. The minimum Gasteiger partial charge on any atom is -0.370 e. The summed E-state index contributed by atoms with van der Waals surface area (Å²) in [7, 11) is 1.85. The highest BCUT2D eigenvalue weighted by atomic mass is 15.1. The Morgan fingerprint density at radius 2 is 2.15 bits per heavy atom. The molecule has 13 heavy (non-hydrogen) atoms. The zero-order valence-electron chi connectivity index (χ0n) is 8.00. The number of hydrogen-bond donors (Lipinski definition) is 1. The van der Waals surface area contributed by atoms with E-state index in [2.05, 4.69) is 15.3 Å². The molecule has 2 aromatic heterocycles. The van der Waals surface area contributed by atoms with Crippen molar-refractivity contribution in [3.63, 3.8) is 0 Å². The van der Waals surface area contributed by atoms with Crippen molar-refractivity contribution in [1.29, 1.82) is 0 Å². The van der Waals surface area contributed by atoms with Crippen molar-refractivity contribution in [2.75, 3.05) is 12.4 Å². The van der Waals surface area contributed by atoms with Crippen LogP contribution in [0.4, 0.5) is 5.82 Å². The molecule has 2 rings (SSSR count). The second kappa shape index (κ2) is 2.73. The topological polar surface area (TPSA) is 42.2 Å². The molecule has 0 aliphatic carbocycles. The molecule has 2 aromatic rings. The molecule has 0 aromatic carbocycles. The Morgan fingerprint density at radius 3 is 2.85 bits per heavy atom. The Balaban J connectivity index is 2.84. The van der Waals surface area contributed by atoms with Crippen molar-refractivity contribution in [1.82, 2.24) is 14.4 Å². The molecule has 0 unspecified atom stereocenters. The molecular weight excluding hydrogens is 164 g/mol. The Kier molecular flexibility index (Phi) is 1.69. The van der Waals surface area contributed by atoms with Gasteiger partial charge in [0.05, 0.1) is 5.69 Å². The molecule has 0 bridgehead atoms. The quantitative estimate of drug-likeness (QED) is 0.714. The molecule has 0 saturated carbocycles. The van der Waals surface area contributed by atoms with Gasteiger partial charge in [0, 0.05) is 25.1 Å². The van der Waals surface area contributed by atoms with Gasteiger partial charge < -0.3 is 5.32 Å². The van der Waals surface area contributed by atoms with E-state index in [1.165, 1.54) is 0 Å². The molecule has 0 spiro atoms. The molecule has 68 valence electrons. The summed E-state index contributed by atoms with van der Waals surface area (Å²) in [6.45, 7) is 4.00. The van der Waals surface area contributed by atoms with Gasteiger partial charge in [0.15, 0.2) is 11.5 Å². The average molecular weight is 176 g/mol. The van der Waals surface area contributed by atoms with Gasteiger partial charge in [-0.2, -0.15) is 0 Å². The van der Waals surface area contributed by atoms with Crippen LogP contribution in [0.2, 0.25) is 0 Å². The predicted molar refractivity (Wildman–Crippen MR) is 52.0 cm³/mol. The van der Waals surface area contributed by atoms with E-state index < -0.39 is 0 Å². The number of nitrogens with one attached hydrogen (secondary N) is 1. The fourth-order valence-electron chi connectivity index (χ4n) is 1.39. The predicted octanol–water partition coefficient (Wildman–Crippen LogP) is 1.39. The standard InChI is InChI=1S/C9H12N4/c1-6-5-13-7(2)4-11-9(13)8(10-3)12-6/h4-5H,1-3H3,(H,10,12). The number of hydrogen-bond acceptors (Lipinski definition) is 3. The third-order valence-corrected chi connectivity index (χ3v) is 2.03. The maximum Gasteiger partial charge on any atom is 0.180 e. The third kappa shape index (κ3) is 1.14. The molecular formula is C9H12N4. The van der Waals surface area contributed by atoms with Crippen molar-refractivity contribution in [2.24, 2.45) is 0 Å². The van der Waals surface area contributed by atoms with Gasteiger partial charge in [0.25, 0.3) is 0 Å². The van der Waals surface area contributed by atoms with Crippen LogP contribution in [0.5, 0.6) is 0 Å². The first-order chi connectivity index (χ1) is 6.22. The van der Waals surface area contributed by atoms with Crippen LogP contribution in [-0.4, -0.2) is 21.4 Å². The van der Waals surface area contributed by atoms with Crippen molar-refractivity contribution < 1.29 is 0 Å². The van der Waals surface area contributed by atoms with E-state index in [1.54, 1.807) is 0 Å². The Bertz CT molecular complexity index is 444. The molecule has 1 N–H and O–H groups in total. The Hall–Kier alpha value is -1.58. The van der Waals surface area contributed by atoms with Crippen LogP contribution < -0.4 is 5.32 Å². The van der Waals surface area contributed by atoms with Crippen LogP contribution in [-0.2, 0) is 0 Å². The third-order valence-electron chi connectivity index (χ3n) is 2.03. The van der Waals surface area contributed by atoms with E-state index in [-0.39, 0.29) is 0 Å². The molecule has 0 fully saturated rings. The Morgan fingerprint density at radius 1 is 1.38 bits per heavy atom. The van der Waals surface area contributed by atoms with E-state index in [9.17, 15) is 0 Å². The average Bonchev–Trinajstić information content (AvgIpc) is 2.47. The lowest BCUT2D eigenvalue weighted by Gasteiger charge is -2.04. The van der Waals surface area contributed by atoms with E-state index in [0.29, 0.717) is 0 Å². The molecule has 0 amide bonds. The summed E-state index contributed by atoms with van der Waals surface area (Å²) >= 11 is 0. The van der Waals surface area contributed by atoms with Crippen LogP contribution in [0, 0.1) is 13.8 Å². The fourth-order valence-corrected chi connectivity index (χ4v) is 1.39. The number of nitrogens with zero attached hydrogens (tertiary/aromatic N) is 3. The Labute approximate surface area is 76.6 Å². The number of anilines is 1. The number of fused-ring (bicyclic) bond motifs is 1. The first-order valence-corrected chi connectivity index (χ1v) is 4.21. The maximum absolute atomic E-state index is 4.34. The lowest BCUT2D eigenvalue weighted by atomic mass is 10.4. The van der Waals surface area contributed by atoms with Gasteiger partial charge in [-0.05, 0) is 13.8 Å². The lowest BCUT2D eigenvalue weighted by molar-refractivity contribution is 1.03. The zero-order chi connectivity index (χ0) is 9.42. The van der Waals surface area contributed by atoms with Crippen LogP contribution in [0.25, 0.3) is 5.65 Å². The van der Waals surface area contributed by atoms with Crippen LogP contribution in [0.1, 0.15) is 11.4 Å². The minimum absolute atomic E-state index is 0.827. The largest absolute Gasteiger partial charge is 0.370 e. The molecule has 0 aliphatic rings. The summed E-state index contributed by atoms with van der Waals surface area (Å²) in [5, 5.41) is 3.03. The molecule has 4 nitrogen and oxygen atoms in total.